The second-order valence-electron chi connectivity index (χ2n) is 4.86. The van der Waals surface area contributed by atoms with Crippen molar-refractivity contribution in [3.63, 3.8) is 0 Å². The number of carbonyl (C=O) groups excluding carboxylic acids is 2. The monoisotopic (exact) mass is 206 g/mol. The Bertz CT molecular complexity index is 327. The zero-order chi connectivity index (χ0) is 10.9. The van der Waals surface area contributed by atoms with Crippen molar-refractivity contribution in [3.8, 4) is 0 Å². The van der Waals surface area contributed by atoms with Crippen molar-refractivity contribution in [1.82, 2.24) is 0 Å². The summed E-state index contributed by atoms with van der Waals surface area (Å²) in [6, 6.07) is 0. The van der Waals surface area contributed by atoms with Gasteiger partial charge in [-0.1, -0.05) is 11.6 Å². The van der Waals surface area contributed by atoms with Crippen LogP contribution in [0.2, 0.25) is 0 Å². The maximum atomic E-state index is 12.0. The van der Waals surface area contributed by atoms with Gasteiger partial charge in [-0.3, -0.25) is 9.59 Å². The van der Waals surface area contributed by atoms with Gasteiger partial charge in [-0.05, 0) is 39.0 Å². The minimum Gasteiger partial charge on any atom is -0.300 e. The molecule has 2 rings (SSSR count). The van der Waals surface area contributed by atoms with E-state index in [0.717, 1.165) is 32.1 Å². The summed E-state index contributed by atoms with van der Waals surface area (Å²) in [6.07, 6.45) is 8.44. The Morgan fingerprint density at radius 3 is 2.67 bits per heavy atom. The Labute approximate surface area is 90.7 Å². The molecule has 0 aromatic rings. The Morgan fingerprint density at radius 1 is 1.40 bits per heavy atom. The van der Waals surface area contributed by atoms with E-state index in [0.29, 0.717) is 18.6 Å². The molecule has 1 atom stereocenters. The van der Waals surface area contributed by atoms with Crippen LogP contribution in [0.1, 0.15) is 51.9 Å². The van der Waals surface area contributed by atoms with Crippen LogP contribution in [0.15, 0.2) is 11.6 Å². The first-order chi connectivity index (χ1) is 7.15. The molecule has 1 unspecified atom stereocenters. The molecule has 2 nitrogen and oxygen atoms in total. The Kier molecular flexibility index (Phi) is 2.76. The van der Waals surface area contributed by atoms with E-state index >= 15 is 0 Å². The molecule has 0 aromatic heterocycles. The van der Waals surface area contributed by atoms with Gasteiger partial charge in [0, 0.05) is 12.8 Å². The van der Waals surface area contributed by atoms with Gasteiger partial charge in [0.25, 0.3) is 0 Å². The number of carbonyl (C=O) groups is 2. The van der Waals surface area contributed by atoms with Crippen LogP contribution in [-0.4, -0.2) is 11.6 Å². The Morgan fingerprint density at radius 2 is 2.20 bits per heavy atom. The van der Waals surface area contributed by atoms with E-state index in [1.165, 1.54) is 5.57 Å². The topological polar surface area (TPSA) is 34.1 Å². The lowest BCUT2D eigenvalue weighted by atomic mass is 9.73. The number of allylic oxidation sites excluding steroid dienone is 2. The fourth-order valence-corrected chi connectivity index (χ4v) is 3.10. The van der Waals surface area contributed by atoms with Gasteiger partial charge >= 0.3 is 0 Å². The van der Waals surface area contributed by atoms with Crippen molar-refractivity contribution >= 4 is 11.6 Å². The van der Waals surface area contributed by atoms with Crippen LogP contribution < -0.4 is 0 Å². The van der Waals surface area contributed by atoms with Gasteiger partial charge in [-0.25, -0.2) is 0 Å². The molecule has 82 valence electrons. The van der Waals surface area contributed by atoms with Gasteiger partial charge in [0.15, 0.2) is 0 Å². The average Bonchev–Trinajstić information content (AvgIpc) is 2.76. The molecule has 0 N–H and O–H groups in total. The minimum atomic E-state index is -0.373. The zero-order valence-electron chi connectivity index (χ0n) is 9.34. The molecule has 0 aliphatic heterocycles. The van der Waals surface area contributed by atoms with Gasteiger partial charge in [-0.15, -0.1) is 0 Å². The first-order valence-corrected chi connectivity index (χ1v) is 5.87. The molecule has 0 heterocycles. The first-order valence-electron chi connectivity index (χ1n) is 5.87. The summed E-state index contributed by atoms with van der Waals surface area (Å²) in [5, 5.41) is 0. The molecule has 0 amide bonds. The summed E-state index contributed by atoms with van der Waals surface area (Å²) in [4.78, 5) is 23.4. The number of ketones is 2. The summed E-state index contributed by atoms with van der Waals surface area (Å²) in [7, 11) is 0. The van der Waals surface area contributed by atoms with E-state index in [2.05, 4.69) is 6.08 Å². The maximum absolute atomic E-state index is 12.0. The number of hydrogen-bond donors (Lipinski definition) is 0. The van der Waals surface area contributed by atoms with Crippen LogP contribution in [0.5, 0.6) is 0 Å². The van der Waals surface area contributed by atoms with Gasteiger partial charge in [-0.2, -0.15) is 0 Å². The quantitative estimate of drug-likeness (QED) is 0.665. The van der Waals surface area contributed by atoms with Crippen molar-refractivity contribution in [2.45, 2.75) is 51.9 Å². The van der Waals surface area contributed by atoms with E-state index < -0.39 is 0 Å². The number of Topliss-reactive ketones (excluding diaryl/α,β-unsaturated/α-hetero) is 2. The summed E-state index contributed by atoms with van der Waals surface area (Å²) in [5.41, 5.74) is 0.891. The highest BCUT2D eigenvalue weighted by molar-refractivity contribution is 5.94. The molecular weight excluding hydrogens is 188 g/mol. The summed E-state index contributed by atoms with van der Waals surface area (Å²) < 4.78 is 0. The smallest absolute Gasteiger partial charge is 0.143 e. The largest absolute Gasteiger partial charge is 0.300 e. The lowest BCUT2D eigenvalue weighted by Gasteiger charge is -2.28. The highest BCUT2D eigenvalue weighted by atomic mass is 16.1. The summed E-state index contributed by atoms with van der Waals surface area (Å²) in [5.74, 6) is 0.462. The van der Waals surface area contributed by atoms with Gasteiger partial charge in [0.05, 0.1) is 5.41 Å². The van der Waals surface area contributed by atoms with Crippen LogP contribution >= 0.6 is 0 Å². The molecule has 2 aliphatic carbocycles. The van der Waals surface area contributed by atoms with Crippen LogP contribution in [0.25, 0.3) is 0 Å². The summed E-state index contributed by atoms with van der Waals surface area (Å²) in [6.45, 7) is 1.60. The van der Waals surface area contributed by atoms with E-state index in [1.807, 2.05) is 0 Å². The van der Waals surface area contributed by atoms with E-state index in [1.54, 1.807) is 6.92 Å². The lowest BCUT2D eigenvalue weighted by molar-refractivity contribution is -0.129. The maximum Gasteiger partial charge on any atom is 0.143 e. The minimum absolute atomic E-state index is 0.151. The van der Waals surface area contributed by atoms with E-state index in [9.17, 15) is 9.59 Å². The van der Waals surface area contributed by atoms with Gasteiger partial charge in [0.2, 0.25) is 0 Å². The van der Waals surface area contributed by atoms with Crippen molar-refractivity contribution in [3.05, 3.63) is 11.6 Å². The van der Waals surface area contributed by atoms with Crippen molar-refractivity contribution in [2.75, 3.05) is 0 Å². The zero-order valence-corrected chi connectivity index (χ0v) is 9.34. The Hall–Kier alpha value is -0.920. The predicted octanol–water partition coefficient (Wildman–Crippen LogP) is 2.82. The molecule has 0 aromatic carbocycles. The van der Waals surface area contributed by atoms with Crippen LogP contribution in [0.3, 0.4) is 0 Å². The third kappa shape index (κ3) is 1.77. The van der Waals surface area contributed by atoms with E-state index in [4.69, 9.17) is 0 Å². The lowest BCUT2D eigenvalue weighted by Crippen LogP contribution is -2.30. The second-order valence-corrected chi connectivity index (χ2v) is 4.86. The molecule has 1 fully saturated rings. The van der Waals surface area contributed by atoms with Crippen molar-refractivity contribution < 1.29 is 9.59 Å². The van der Waals surface area contributed by atoms with Crippen molar-refractivity contribution in [1.29, 1.82) is 0 Å². The van der Waals surface area contributed by atoms with Gasteiger partial charge < -0.3 is 0 Å². The standard InChI is InChI=1S/C13H18O2/c1-10(14)9-13(8-4-7-12(13)15)11-5-2-3-6-11/h5H,2-4,6-9H2,1H3. The van der Waals surface area contributed by atoms with Crippen LogP contribution in [-0.2, 0) is 9.59 Å². The molecule has 1 saturated carbocycles. The number of hydrogen-bond acceptors (Lipinski definition) is 2. The molecule has 2 heteroatoms. The van der Waals surface area contributed by atoms with Gasteiger partial charge in [0.1, 0.15) is 11.6 Å². The van der Waals surface area contributed by atoms with Crippen LogP contribution in [0, 0.1) is 5.41 Å². The SMILES string of the molecule is CC(=O)CC1(C2=CCCC2)CCCC1=O. The molecule has 0 radical (unpaired) electrons. The molecule has 2 aliphatic rings. The molecule has 0 saturated heterocycles. The van der Waals surface area contributed by atoms with Crippen LogP contribution in [0.4, 0.5) is 0 Å². The highest BCUT2D eigenvalue weighted by Gasteiger charge is 2.45. The first kappa shape index (κ1) is 10.6. The fourth-order valence-electron chi connectivity index (χ4n) is 3.10. The summed E-state index contributed by atoms with van der Waals surface area (Å²) >= 11 is 0. The third-order valence-corrected chi connectivity index (χ3v) is 3.75. The highest BCUT2D eigenvalue weighted by Crippen LogP contribution is 2.48. The second kappa shape index (κ2) is 3.92. The predicted molar refractivity (Wildman–Crippen MR) is 58.5 cm³/mol. The Balaban J connectivity index is 2.29. The van der Waals surface area contributed by atoms with Crippen molar-refractivity contribution in [2.24, 2.45) is 5.41 Å². The average molecular weight is 206 g/mol. The molecule has 0 bridgehead atoms. The molecule has 15 heavy (non-hydrogen) atoms. The molecule has 0 spiro atoms. The number of rotatable bonds is 3. The normalized spacial score (nSPS) is 30.7. The third-order valence-electron chi connectivity index (χ3n) is 3.75. The molecular formula is C13H18O2. The fraction of sp³-hybridized carbons (Fsp3) is 0.692. The van der Waals surface area contributed by atoms with E-state index in [-0.39, 0.29) is 11.2 Å².